The molecule has 26 heavy (non-hydrogen) atoms. The van der Waals surface area contributed by atoms with Gasteiger partial charge >= 0.3 is 0 Å². The van der Waals surface area contributed by atoms with Crippen LogP contribution in [0.5, 0.6) is 11.5 Å². The van der Waals surface area contributed by atoms with Crippen LogP contribution in [0.2, 0.25) is 0 Å². The van der Waals surface area contributed by atoms with Crippen molar-refractivity contribution in [2.24, 2.45) is 5.10 Å². The number of halogens is 1. The molecule has 2 aromatic carbocycles. The second-order valence-corrected chi connectivity index (χ2v) is 7.08. The third-order valence-corrected chi connectivity index (χ3v) is 5.43. The summed E-state index contributed by atoms with van der Waals surface area (Å²) in [7, 11) is 0. The maximum absolute atomic E-state index is 5.86. The molecule has 1 aromatic heterocycles. The van der Waals surface area contributed by atoms with E-state index in [2.05, 4.69) is 20.9 Å². The Kier molecular flexibility index (Phi) is 3.33. The summed E-state index contributed by atoms with van der Waals surface area (Å²) < 4.78 is 13.8. The van der Waals surface area contributed by atoms with Crippen molar-refractivity contribution in [3.63, 3.8) is 0 Å². The summed E-state index contributed by atoms with van der Waals surface area (Å²) >= 11 is 3.51. The van der Waals surface area contributed by atoms with Crippen LogP contribution in [0.3, 0.4) is 0 Å². The average Bonchev–Trinajstić information content (AvgIpc) is 3.14. The molecule has 0 spiro atoms. The largest absolute Gasteiger partial charge is 0.454 e. The number of anilines is 1. The van der Waals surface area contributed by atoms with Crippen LogP contribution < -0.4 is 15.2 Å². The molecular formula is C19H15BrN4O2. The molecule has 3 heterocycles. The molecule has 3 aromatic rings. The number of hydrogen-bond acceptors (Lipinski definition) is 5. The van der Waals surface area contributed by atoms with E-state index in [0.717, 1.165) is 55.7 Å². The van der Waals surface area contributed by atoms with Gasteiger partial charge in [-0.2, -0.15) is 5.10 Å². The van der Waals surface area contributed by atoms with E-state index >= 15 is 0 Å². The number of nitrogen functional groups attached to an aromatic ring is 1. The van der Waals surface area contributed by atoms with Crippen LogP contribution in [0.1, 0.15) is 28.2 Å². The lowest BCUT2D eigenvalue weighted by Crippen LogP contribution is -2.07. The fraction of sp³-hybridized carbons (Fsp3) is 0.158. The zero-order valence-electron chi connectivity index (χ0n) is 14.0. The van der Waals surface area contributed by atoms with Crippen molar-refractivity contribution < 1.29 is 9.47 Å². The number of fused-ring (bicyclic) bond motifs is 3. The number of rotatable bonds is 1. The van der Waals surface area contributed by atoms with E-state index in [9.17, 15) is 0 Å². The topological polar surface area (TPSA) is 74.7 Å². The first-order valence-electron chi connectivity index (χ1n) is 8.21. The first-order chi connectivity index (χ1) is 12.6. The standard InChI is InChI=1S/C19H15BrN4O2/c1-10-19(20)22-17-7-12-6-15-16(26-9-25-15)8-14(12)18(23-24(10)17)11-2-4-13(21)5-3-11/h2-6,8H,7,9,21H2,1H3. The molecule has 0 saturated heterocycles. The molecule has 0 aliphatic carbocycles. The van der Waals surface area contributed by atoms with E-state index in [1.54, 1.807) is 0 Å². The van der Waals surface area contributed by atoms with Crippen molar-refractivity contribution in [2.45, 2.75) is 13.3 Å². The SMILES string of the molecule is Cc1c(Br)nc2n1N=C(c1ccc(N)cc1)c1cc3c(cc1C2)OCO3. The molecule has 2 aliphatic rings. The van der Waals surface area contributed by atoms with Gasteiger partial charge in [0.05, 0.1) is 11.4 Å². The van der Waals surface area contributed by atoms with Gasteiger partial charge in [0.1, 0.15) is 10.4 Å². The lowest BCUT2D eigenvalue weighted by atomic mass is 9.95. The maximum Gasteiger partial charge on any atom is 0.231 e. The van der Waals surface area contributed by atoms with Gasteiger partial charge in [0.15, 0.2) is 11.5 Å². The van der Waals surface area contributed by atoms with Gasteiger partial charge in [-0.15, -0.1) is 0 Å². The van der Waals surface area contributed by atoms with Gasteiger partial charge in [0.25, 0.3) is 0 Å². The second kappa shape index (κ2) is 5.60. The summed E-state index contributed by atoms with van der Waals surface area (Å²) in [6.07, 6.45) is 0.653. The van der Waals surface area contributed by atoms with E-state index in [1.807, 2.05) is 48.0 Å². The van der Waals surface area contributed by atoms with Gasteiger partial charge in [-0.25, -0.2) is 9.66 Å². The van der Waals surface area contributed by atoms with Crippen molar-refractivity contribution in [1.82, 2.24) is 9.66 Å². The molecule has 7 heteroatoms. The fourth-order valence-corrected chi connectivity index (χ4v) is 3.67. The van der Waals surface area contributed by atoms with Gasteiger partial charge in [-0.1, -0.05) is 12.1 Å². The van der Waals surface area contributed by atoms with Crippen LogP contribution in [0.4, 0.5) is 5.69 Å². The minimum atomic E-state index is 0.242. The highest BCUT2D eigenvalue weighted by Gasteiger charge is 2.25. The van der Waals surface area contributed by atoms with Crippen molar-refractivity contribution in [3.05, 3.63) is 69.2 Å². The van der Waals surface area contributed by atoms with Crippen LogP contribution in [0.25, 0.3) is 0 Å². The molecule has 0 amide bonds. The van der Waals surface area contributed by atoms with E-state index in [1.165, 1.54) is 0 Å². The third-order valence-electron chi connectivity index (χ3n) is 4.67. The number of ether oxygens (including phenoxy) is 2. The minimum absolute atomic E-state index is 0.242. The predicted octanol–water partition coefficient (Wildman–Crippen LogP) is 3.47. The normalized spacial score (nSPS) is 14.5. The summed E-state index contributed by atoms with van der Waals surface area (Å²) in [5.74, 6) is 2.38. The Morgan fingerprint density at radius 3 is 2.62 bits per heavy atom. The first-order valence-corrected chi connectivity index (χ1v) is 9.01. The Bertz CT molecular complexity index is 1070. The third kappa shape index (κ3) is 2.31. The number of benzene rings is 2. The molecule has 0 atom stereocenters. The molecule has 130 valence electrons. The lowest BCUT2D eigenvalue weighted by Gasteiger charge is -2.11. The van der Waals surface area contributed by atoms with Crippen molar-refractivity contribution in [3.8, 4) is 11.5 Å². The van der Waals surface area contributed by atoms with Crippen molar-refractivity contribution in [1.29, 1.82) is 0 Å². The number of aromatic nitrogens is 2. The van der Waals surface area contributed by atoms with E-state index < -0.39 is 0 Å². The van der Waals surface area contributed by atoms with Gasteiger partial charge < -0.3 is 15.2 Å². The maximum atomic E-state index is 5.86. The summed E-state index contributed by atoms with van der Waals surface area (Å²) in [5, 5.41) is 4.93. The molecule has 0 radical (unpaired) electrons. The molecule has 2 N–H and O–H groups in total. The van der Waals surface area contributed by atoms with Crippen molar-refractivity contribution >= 4 is 27.3 Å². The summed E-state index contributed by atoms with van der Waals surface area (Å²) in [4.78, 5) is 4.63. The second-order valence-electron chi connectivity index (χ2n) is 6.33. The van der Waals surface area contributed by atoms with Gasteiger partial charge in [-0.05, 0) is 52.7 Å². The molecule has 0 bridgehead atoms. The Morgan fingerprint density at radius 2 is 1.85 bits per heavy atom. The first kappa shape index (κ1) is 15.5. The highest BCUT2D eigenvalue weighted by Crippen LogP contribution is 2.38. The highest BCUT2D eigenvalue weighted by molar-refractivity contribution is 9.10. The lowest BCUT2D eigenvalue weighted by molar-refractivity contribution is 0.174. The monoisotopic (exact) mass is 410 g/mol. The molecule has 5 rings (SSSR count). The number of hydrogen-bond donors (Lipinski definition) is 1. The summed E-state index contributed by atoms with van der Waals surface area (Å²) in [6.45, 7) is 2.23. The van der Waals surface area contributed by atoms with Gasteiger partial charge in [0, 0.05) is 23.2 Å². The Balaban J connectivity index is 1.79. The fourth-order valence-electron chi connectivity index (χ4n) is 3.30. The quantitative estimate of drug-likeness (QED) is 0.487. The van der Waals surface area contributed by atoms with Crippen LogP contribution >= 0.6 is 15.9 Å². The predicted molar refractivity (Wildman–Crippen MR) is 102 cm³/mol. The number of nitrogens with two attached hydrogens (primary N) is 1. The van der Waals surface area contributed by atoms with Crippen LogP contribution in [0.15, 0.2) is 46.1 Å². The van der Waals surface area contributed by atoms with E-state index in [-0.39, 0.29) is 6.79 Å². The zero-order valence-corrected chi connectivity index (χ0v) is 15.6. The Labute approximate surface area is 158 Å². The number of imidazole rings is 1. The number of nitrogens with zero attached hydrogens (tertiary/aromatic N) is 3. The molecule has 2 aliphatic heterocycles. The molecule has 6 nitrogen and oxygen atoms in total. The summed E-state index contributed by atoms with van der Waals surface area (Å²) in [5.41, 5.74) is 11.5. The Morgan fingerprint density at radius 1 is 1.12 bits per heavy atom. The average molecular weight is 411 g/mol. The highest BCUT2D eigenvalue weighted by atomic mass is 79.9. The van der Waals surface area contributed by atoms with Crippen molar-refractivity contribution in [2.75, 3.05) is 12.5 Å². The van der Waals surface area contributed by atoms with E-state index in [0.29, 0.717) is 6.42 Å². The minimum Gasteiger partial charge on any atom is -0.454 e. The molecule has 0 fully saturated rings. The van der Waals surface area contributed by atoms with Crippen LogP contribution in [-0.2, 0) is 6.42 Å². The van der Waals surface area contributed by atoms with Gasteiger partial charge in [-0.3, -0.25) is 0 Å². The summed E-state index contributed by atoms with van der Waals surface area (Å²) in [6, 6.07) is 11.8. The molecule has 0 unspecified atom stereocenters. The van der Waals surface area contributed by atoms with E-state index in [4.69, 9.17) is 20.3 Å². The smallest absolute Gasteiger partial charge is 0.231 e. The zero-order chi connectivity index (χ0) is 17.8. The Hall–Kier alpha value is -2.80. The van der Waals surface area contributed by atoms with Gasteiger partial charge in [0.2, 0.25) is 6.79 Å². The molecule has 0 saturated carbocycles. The van der Waals surface area contributed by atoms with Crippen LogP contribution in [-0.4, -0.2) is 22.2 Å². The molecular weight excluding hydrogens is 396 g/mol. The van der Waals surface area contributed by atoms with Crippen LogP contribution in [0, 0.1) is 6.92 Å².